The molecule has 0 atom stereocenters. The largest absolute Gasteiger partial charge is 0.294 e. The Morgan fingerprint density at radius 3 is 2.50 bits per heavy atom. The van der Waals surface area contributed by atoms with Crippen molar-refractivity contribution in [3.63, 3.8) is 0 Å². The van der Waals surface area contributed by atoms with E-state index in [9.17, 15) is 10.1 Å². The van der Waals surface area contributed by atoms with Crippen molar-refractivity contribution in [1.29, 1.82) is 0 Å². The van der Waals surface area contributed by atoms with Crippen molar-refractivity contribution >= 4 is 5.69 Å². The van der Waals surface area contributed by atoms with Crippen LogP contribution in [0.5, 0.6) is 0 Å². The van der Waals surface area contributed by atoms with Crippen molar-refractivity contribution in [3.05, 3.63) is 75.3 Å². The molecule has 0 fully saturated rings. The summed E-state index contributed by atoms with van der Waals surface area (Å²) < 4.78 is 0. The molecule has 0 aliphatic carbocycles. The van der Waals surface area contributed by atoms with Gasteiger partial charge < -0.3 is 0 Å². The molecule has 0 saturated heterocycles. The Morgan fingerprint density at radius 1 is 1.09 bits per heavy atom. The van der Waals surface area contributed by atoms with E-state index in [1.807, 2.05) is 26.0 Å². The summed E-state index contributed by atoms with van der Waals surface area (Å²) in [6, 6.07) is 15.6. The number of non-ortho nitro benzene ring substituents is 1. The zero-order valence-electron chi connectivity index (χ0n) is 13.2. The second-order valence-corrected chi connectivity index (χ2v) is 5.16. The number of nitro benzene ring substituents is 1. The number of hydrogen-bond acceptors (Lipinski definition) is 3. The summed E-state index contributed by atoms with van der Waals surface area (Å²) in [7, 11) is 0. The fraction of sp³-hybridized carbons (Fsp3) is 0.333. The third-order valence-electron chi connectivity index (χ3n) is 3.74. The molecular weight excluding hydrogens is 276 g/mol. The molecule has 2 aromatic rings. The van der Waals surface area contributed by atoms with E-state index in [0.717, 1.165) is 31.6 Å². The van der Waals surface area contributed by atoms with Gasteiger partial charge in [0.25, 0.3) is 5.69 Å². The zero-order chi connectivity index (χ0) is 15.9. The molecule has 0 saturated carbocycles. The first-order valence-corrected chi connectivity index (χ1v) is 7.75. The topological polar surface area (TPSA) is 46.4 Å². The average Bonchev–Trinajstić information content (AvgIpc) is 2.57. The molecule has 2 aromatic carbocycles. The Hall–Kier alpha value is -2.20. The molecule has 0 bridgehead atoms. The summed E-state index contributed by atoms with van der Waals surface area (Å²) in [5.41, 5.74) is 3.82. The molecule has 0 spiro atoms. The molecular formula is C18H22N2O2. The first-order chi connectivity index (χ1) is 10.7. The average molecular weight is 298 g/mol. The van der Waals surface area contributed by atoms with Gasteiger partial charge in [0.05, 0.1) is 4.92 Å². The summed E-state index contributed by atoms with van der Waals surface area (Å²) in [4.78, 5) is 12.8. The number of benzene rings is 2. The Labute approximate surface area is 131 Å². The standard InChI is InChI=1S/C16H16N2O2.C2H6/c19-18(20)16-7-6-15-12-17(9-8-14(15)10-16)11-13-4-2-1-3-5-13;1-2/h1-7,10H,8-9,11-12H2;1-2H3. The van der Waals surface area contributed by atoms with E-state index in [-0.39, 0.29) is 10.6 Å². The Kier molecular flexibility index (Phi) is 5.67. The normalized spacial score (nSPS) is 13.7. The smallest absolute Gasteiger partial charge is 0.269 e. The minimum Gasteiger partial charge on any atom is -0.294 e. The van der Waals surface area contributed by atoms with Crippen LogP contribution >= 0.6 is 0 Å². The third kappa shape index (κ3) is 3.92. The van der Waals surface area contributed by atoms with E-state index in [0.29, 0.717) is 0 Å². The first kappa shape index (κ1) is 16.2. The van der Waals surface area contributed by atoms with Gasteiger partial charge in [0.1, 0.15) is 0 Å². The van der Waals surface area contributed by atoms with Crippen molar-refractivity contribution in [2.24, 2.45) is 0 Å². The highest BCUT2D eigenvalue weighted by Gasteiger charge is 2.18. The van der Waals surface area contributed by atoms with Crippen LogP contribution in [-0.2, 0) is 19.5 Å². The lowest BCUT2D eigenvalue weighted by Gasteiger charge is -2.28. The molecule has 4 nitrogen and oxygen atoms in total. The van der Waals surface area contributed by atoms with Crippen LogP contribution in [0.25, 0.3) is 0 Å². The van der Waals surface area contributed by atoms with Crippen LogP contribution in [-0.4, -0.2) is 16.4 Å². The molecule has 1 aliphatic heterocycles. The van der Waals surface area contributed by atoms with Gasteiger partial charge in [-0.2, -0.15) is 0 Å². The van der Waals surface area contributed by atoms with Crippen LogP contribution in [0.1, 0.15) is 30.5 Å². The molecule has 3 rings (SSSR count). The van der Waals surface area contributed by atoms with Crippen LogP contribution in [0.15, 0.2) is 48.5 Å². The molecule has 116 valence electrons. The molecule has 0 N–H and O–H groups in total. The maximum atomic E-state index is 10.8. The maximum Gasteiger partial charge on any atom is 0.269 e. The number of nitro groups is 1. The first-order valence-electron chi connectivity index (χ1n) is 7.75. The fourth-order valence-electron chi connectivity index (χ4n) is 2.69. The lowest BCUT2D eigenvalue weighted by atomic mass is 9.98. The fourth-order valence-corrected chi connectivity index (χ4v) is 2.69. The summed E-state index contributed by atoms with van der Waals surface area (Å²) in [5.74, 6) is 0. The number of hydrogen-bond donors (Lipinski definition) is 0. The highest BCUT2D eigenvalue weighted by Crippen LogP contribution is 2.24. The van der Waals surface area contributed by atoms with Gasteiger partial charge in [-0.3, -0.25) is 15.0 Å². The second kappa shape index (κ2) is 7.71. The SMILES string of the molecule is CC.O=[N+]([O-])c1ccc2c(c1)CCN(Cc1ccccc1)C2. The van der Waals surface area contributed by atoms with Crippen molar-refractivity contribution in [2.75, 3.05) is 6.54 Å². The van der Waals surface area contributed by atoms with Crippen molar-refractivity contribution in [1.82, 2.24) is 4.90 Å². The number of rotatable bonds is 3. The van der Waals surface area contributed by atoms with Crippen LogP contribution in [0.4, 0.5) is 5.69 Å². The van der Waals surface area contributed by atoms with Gasteiger partial charge in [-0.1, -0.05) is 50.2 Å². The third-order valence-corrected chi connectivity index (χ3v) is 3.74. The minimum atomic E-state index is -0.323. The van der Waals surface area contributed by atoms with E-state index in [1.165, 1.54) is 11.1 Å². The molecule has 0 radical (unpaired) electrons. The van der Waals surface area contributed by atoms with Gasteiger partial charge in [-0.25, -0.2) is 0 Å². The van der Waals surface area contributed by atoms with E-state index < -0.39 is 0 Å². The van der Waals surface area contributed by atoms with Gasteiger partial charge in [-0.15, -0.1) is 0 Å². The van der Waals surface area contributed by atoms with Crippen molar-refractivity contribution in [3.8, 4) is 0 Å². The second-order valence-electron chi connectivity index (χ2n) is 5.16. The lowest BCUT2D eigenvalue weighted by Crippen LogP contribution is -2.30. The van der Waals surface area contributed by atoms with E-state index in [1.54, 1.807) is 12.1 Å². The summed E-state index contributed by atoms with van der Waals surface area (Å²) in [6.07, 6.45) is 0.879. The van der Waals surface area contributed by atoms with E-state index >= 15 is 0 Å². The zero-order valence-corrected chi connectivity index (χ0v) is 13.2. The molecule has 0 unspecified atom stereocenters. The lowest BCUT2D eigenvalue weighted by molar-refractivity contribution is -0.384. The van der Waals surface area contributed by atoms with Gasteiger partial charge >= 0.3 is 0 Å². The monoisotopic (exact) mass is 298 g/mol. The highest BCUT2D eigenvalue weighted by molar-refractivity contribution is 5.41. The molecule has 4 heteroatoms. The van der Waals surface area contributed by atoms with Gasteiger partial charge in [0.2, 0.25) is 0 Å². The Bertz CT molecular complexity index is 626. The predicted molar refractivity (Wildman–Crippen MR) is 88.7 cm³/mol. The summed E-state index contributed by atoms with van der Waals surface area (Å²) >= 11 is 0. The summed E-state index contributed by atoms with van der Waals surface area (Å²) in [6.45, 7) is 6.74. The number of fused-ring (bicyclic) bond motifs is 1. The minimum absolute atomic E-state index is 0.195. The van der Waals surface area contributed by atoms with Gasteiger partial charge in [0, 0.05) is 31.8 Å². The quantitative estimate of drug-likeness (QED) is 0.631. The van der Waals surface area contributed by atoms with Gasteiger partial charge in [-0.05, 0) is 23.1 Å². The summed E-state index contributed by atoms with van der Waals surface area (Å²) in [5, 5.41) is 10.8. The van der Waals surface area contributed by atoms with E-state index in [2.05, 4.69) is 29.2 Å². The van der Waals surface area contributed by atoms with Gasteiger partial charge in [0.15, 0.2) is 0 Å². The molecule has 1 aliphatic rings. The maximum absolute atomic E-state index is 10.8. The Morgan fingerprint density at radius 2 is 1.82 bits per heavy atom. The molecule has 0 aromatic heterocycles. The number of nitrogens with zero attached hydrogens (tertiary/aromatic N) is 2. The highest BCUT2D eigenvalue weighted by atomic mass is 16.6. The van der Waals surface area contributed by atoms with Crippen molar-refractivity contribution in [2.45, 2.75) is 33.4 Å². The van der Waals surface area contributed by atoms with Crippen LogP contribution in [0, 0.1) is 10.1 Å². The van der Waals surface area contributed by atoms with Crippen molar-refractivity contribution < 1.29 is 4.92 Å². The Balaban J connectivity index is 0.000000847. The molecule has 22 heavy (non-hydrogen) atoms. The van der Waals surface area contributed by atoms with Crippen LogP contribution < -0.4 is 0 Å². The predicted octanol–water partition coefficient (Wildman–Crippen LogP) is 4.18. The molecule has 1 heterocycles. The van der Waals surface area contributed by atoms with E-state index in [4.69, 9.17) is 0 Å². The van der Waals surface area contributed by atoms with Crippen LogP contribution in [0.2, 0.25) is 0 Å². The van der Waals surface area contributed by atoms with Crippen LogP contribution in [0.3, 0.4) is 0 Å². The molecule has 0 amide bonds.